The Morgan fingerprint density at radius 3 is 2.56 bits per heavy atom. The van der Waals surface area contributed by atoms with Gasteiger partial charge in [0.2, 0.25) is 5.91 Å². The first-order chi connectivity index (χ1) is 12.6. The lowest BCUT2D eigenvalue weighted by atomic mass is 9.97. The minimum atomic E-state index is -0.376. The van der Waals surface area contributed by atoms with E-state index in [1.165, 1.54) is 7.11 Å². The fourth-order valence-electron chi connectivity index (χ4n) is 3.37. The van der Waals surface area contributed by atoms with Crippen molar-refractivity contribution in [2.75, 3.05) is 13.7 Å². The molecule has 0 bridgehead atoms. The Hall–Kier alpha value is -2.64. The molecule has 2 N–H and O–H groups in total. The summed E-state index contributed by atoms with van der Waals surface area (Å²) in [5.74, 6) is -0.603. The fourth-order valence-corrected chi connectivity index (χ4v) is 3.37. The van der Waals surface area contributed by atoms with Crippen molar-refractivity contribution in [1.29, 1.82) is 0 Å². The molecule has 0 aliphatic heterocycles. The smallest absolute Gasteiger partial charge is 0.310 e. The van der Waals surface area contributed by atoms with E-state index in [0.717, 1.165) is 11.1 Å². The third-order valence-electron chi connectivity index (χ3n) is 4.75. The van der Waals surface area contributed by atoms with Crippen LogP contribution in [0.25, 0.3) is 11.0 Å². The molecular weight excluding hydrogens is 348 g/mol. The normalized spacial score (nSPS) is 12.4. The highest BCUT2D eigenvalue weighted by atomic mass is 16.5. The SMILES string of the molecule is COC(=O)C(CNC(=O)Cc1c(C)nc2c(c1C)c(=O)[nH]n2C)CC(C)C. The van der Waals surface area contributed by atoms with Gasteiger partial charge in [0.25, 0.3) is 5.56 Å². The summed E-state index contributed by atoms with van der Waals surface area (Å²) in [5.41, 5.74) is 2.54. The number of nitrogens with zero attached hydrogens (tertiary/aromatic N) is 2. The van der Waals surface area contributed by atoms with Gasteiger partial charge in [-0.1, -0.05) is 13.8 Å². The summed E-state index contributed by atoms with van der Waals surface area (Å²) in [6.07, 6.45) is 0.739. The monoisotopic (exact) mass is 376 g/mol. The van der Waals surface area contributed by atoms with Crippen molar-refractivity contribution in [2.45, 2.75) is 40.5 Å². The second-order valence-electron chi connectivity index (χ2n) is 7.33. The molecule has 0 radical (unpaired) electrons. The molecule has 1 unspecified atom stereocenters. The Bertz CT molecular complexity index is 911. The number of methoxy groups -OCH3 is 1. The molecular formula is C19H28N4O4. The van der Waals surface area contributed by atoms with E-state index in [4.69, 9.17) is 4.74 Å². The maximum absolute atomic E-state index is 12.5. The van der Waals surface area contributed by atoms with Gasteiger partial charge in [-0.25, -0.2) is 4.98 Å². The van der Waals surface area contributed by atoms with E-state index in [1.807, 2.05) is 27.7 Å². The van der Waals surface area contributed by atoms with Crippen LogP contribution in [0.3, 0.4) is 0 Å². The molecule has 2 rings (SSSR count). The molecule has 27 heavy (non-hydrogen) atoms. The molecule has 148 valence electrons. The lowest BCUT2D eigenvalue weighted by molar-refractivity contribution is -0.145. The van der Waals surface area contributed by atoms with Gasteiger partial charge < -0.3 is 10.1 Å². The van der Waals surface area contributed by atoms with Crippen LogP contribution in [-0.4, -0.2) is 40.3 Å². The van der Waals surface area contributed by atoms with E-state index >= 15 is 0 Å². The van der Waals surface area contributed by atoms with Crippen LogP contribution in [0.1, 0.15) is 37.1 Å². The molecule has 0 aromatic carbocycles. The highest BCUT2D eigenvalue weighted by Crippen LogP contribution is 2.20. The number of hydrogen-bond donors (Lipinski definition) is 2. The number of ether oxygens (including phenoxy) is 1. The molecule has 0 aliphatic rings. The van der Waals surface area contributed by atoms with Gasteiger partial charge in [-0.15, -0.1) is 0 Å². The first-order valence-corrected chi connectivity index (χ1v) is 9.05. The van der Waals surface area contributed by atoms with E-state index in [0.29, 0.717) is 29.1 Å². The molecule has 0 spiro atoms. The van der Waals surface area contributed by atoms with Crippen molar-refractivity contribution in [3.63, 3.8) is 0 Å². The third kappa shape index (κ3) is 4.56. The molecule has 1 atom stereocenters. The van der Waals surface area contributed by atoms with Crippen molar-refractivity contribution in [3.8, 4) is 0 Å². The average Bonchev–Trinajstić information content (AvgIpc) is 2.88. The Morgan fingerprint density at radius 2 is 1.96 bits per heavy atom. The van der Waals surface area contributed by atoms with Crippen molar-refractivity contribution in [2.24, 2.45) is 18.9 Å². The second kappa shape index (κ2) is 8.37. The van der Waals surface area contributed by atoms with Crippen LogP contribution in [0.4, 0.5) is 0 Å². The number of carbonyl (C=O) groups excluding carboxylic acids is 2. The second-order valence-corrected chi connectivity index (χ2v) is 7.33. The van der Waals surface area contributed by atoms with Crippen LogP contribution in [0.5, 0.6) is 0 Å². The number of aromatic nitrogens is 3. The van der Waals surface area contributed by atoms with Gasteiger partial charge in [-0.05, 0) is 37.3 Å². The minimum Gasteiger partial charge on any atom is -0.469 e. The van der Waals surface area contributed by atoms with Crippen molar-refractivity contribution in [3.05, 3.63) is 27.2 Å². The minimum absolute atomic E-state index is 0.102. The summed E-state index contributed by atoms with van der Waals surface area (Å²) in [4.78, 5) is 40.9. The number of nitrogens with one attached hydrogen (secondary N) is 2. The summed E-state index contributed by atoms with van der Waals surface area (Å²) >= 11 is 0. The largest absolute Gasteiger partial charge is 0.469 e. The highest BCUT2D eigenvalue weighted by Gasteiger charge is 2.22. The molecule has 0 saturated heterocycles. The van der Waals surface area contributed by atoms with Crippen LogP contribution in [0.15, 0.2) is 4.79 Å². The zero-order valence-corrected chi connectivity index (χ0v) is 16.8. The van der Waals surface area contributed by atoms with Crippen LogP contribution in [0.2, 0.25) is 0 Å². The number of pyridine rings is 1. The summed E-state index contributed by atoms with van der Waals surface area (Å²) in [5, 5.41) is 6.00. The van der Waals surface area contributed by atoms with Crippen molar-refractivity contribution >= 4 is 22.9 Å². The lowest BCUT2D eigenvalue weighted by Gasteiger charge is -2.18. The number of amides is 1. The van der Waals surface area contributed by atoms with Crippen molar-refractivity contribution in [1.82, 2.24) is 20.1 Å². The zero-order valence-electron chi connectivity index (χ0n) is 16.8. The fraction of sp³-hybridized carbons (Fsp3) is 0.579. The number of carbonyl (C=O) groups is 2. The Kier molecular flexibility index (Phi) is 6.41. The van der Waals surface area contributed by atoms with Gasteiger partial charge in [0, 0.05) is 19.3 Å². The Morgan fingerprint density at radius 1 is 1.30 bits per heavy atom. The zero-order chi connectivity index (χ0) is 20.3. The van der Waals surface area contributed by atoms with E-state index in [9.17, 15) is 14.4 Å². The van der Waals surface area contributed by atoms with Crippen LogP contribution in [-0.2, 0) is 27.8 Å². The predicted octanol–water partition coefficient (Wildman–Crippen LogP) is 1.37. The number of esters is 1. The van der Waals surface area contributed by atoms with E-state index < -0.39 is 0 Å². The van der Waals surface area contributed by atoms with Gasteiger partial charge in [0.05, 0.1) is 24.8 Å². The Labute approximate surface area is 158 Å². The topological polar surface area (TPSA) is 106 Å². The number of aryl methyl sites for hydroxylation is 3. The summed E-state index contributed by atoms with van der Waals surface area (Å²) in [6, 6.07) is 0. The highest BCUT2D eigenvalue weighted by molar-refractivity contribution is 5.85. The number of aromatic amines is 1. The first kappa shape index (κ1) is 20.7. The maximum atomic E-state index is 12.5. The molecule has 2 aromatic rings. The van der Waals surface area contributed by atoms with Crippen LogP contribution < -0.4 is 10.9 Å². The molecule has 2 aromatic heterocycles. The Balaban J connectivity index is 2.17. The maximum Gasteiger partial charge on any atom is 0.310 e. The first-order valence-electron chi connectivity index (χ1n) is 9.05. The van der Waals surface area contributed by atoms with Crippen molar-refractivity contribution < 1.29 is 14.3 Å². The molecule has 1 amide bonds. The van der Waals surface area contributed by atoms with E-state index in [1.54, 1.807) is 11.7 Å². The van der Waals surface area contributed by atoms with Gasteiger partial charge in [0.15, 0.2) is 5.65 Å². The van der Waals surface area contributed by atoms with E-state index in [-0.39, 0.29) is 36.3 Å². The molecule has 0 fully saturated rings. The van der Waals surface area contributed by atoms with E-state index in [2.05, 4.69) is 15.4 Å². The number of fused-ring (bicyclic) bond motifs is 1. The van der Waals surface area contributed by atoms with Gasteiger partial charge in [0.1, 0.15) is 0 Å². The van der Waals surface area contributed by atoms with Crippen LogP contribution in [0, 0.1) is 25.7 Å². The quantitative estimate of drug-likeness (QED) is 0.710. The molecule has 8 nitrogen and oxygen atoms in total. The molecule has 2 heterocycles. The standard InChI is InChI=1S/C19H28N4O4/c1-10(2)7-13(19(26)27-6)9-20-15(24)8-14-11(3)16-17(21-12(14)4)23(5)22-18(16)25/h10,13H,7-9H2,1-6H3,(H,20,24)(H,22,25). The predicted molar refractivity (Wildman–Crippen MR) is 102 cm³/mol. The number of rotatable bonds is 7. The summed E-state index contributed by atoms with van der Waals surface area (Å²) in [6.45, 7) is 7.91. The van der Waals surface area contributed by atoms with Crippen LogP contribution >= 0.6 is 0 Å². The molecule has 0 aliphatic carbocycles. The number of hydrogen-bond acceptors (Lipinski definition) is 5. The van der Waals surface area contributed by atoms with Gasteiger partial charge in [-0.3, -0.25) is 24.2 Å². The summed E-state index contributed by atoms with van der Waals surface area (Å²) in [7, 11) is 3.08. The lowest BCUT2D eigenvalue weighted by Crippen LogP contribution is -2.35. The number of H-pyrrole nitrogens is 1. The molecule has 0 saturated carbocycles. The molecule has 8 heteroatoms. The summed E-state index contributed by atoms with van der Waals surface area (Å²) < 4.78 is 6.40. The van der Waals surface area contributed by atoms with Gasteiger partial charge >= 0.3 is 5.97 Å². The van der Waals surface area contributed by atoms with Gasteiger partial charge in [-0.2, -0.15) is 0 Å². The average molecular weight is 376 g/mol. The third-order valence-corrected chi connectivity index (χ3v) is 4.75.